The van der Waals surface area contributed by atoms with Gasteiger partial charge in [-0.1, -0.05) is 34.9 Å². The first-order valence-corrected chi connectivity index (χ1v) is 10.8. The van der Waals surface area contributed by atoms with Crippen LogP contribution < -0.4 is 15.0 Å². The third kappa shape index (κ3) is 5.23. The van der Waals surface area contributed by atoms with Gasteiger partial charge in [0.1, 0.15) is 5.75 Å². The second-order valence-corrected chi connectivity index (χ2v) is 7.81. The number of nitrogens with one attached hydrogen (secondary N) is 1. The van der Waals surface area contributed by atoms with Crippen LogP contribution in [0.4, 0.5) is 6.01 Å². The summed E-state index contributed by atoms with van der Waals surface area (Å²) in [7, 11) is 0. The second kappa shape index (κ2) is 9.64. The molecule has 1 aliphatic rings. The molecule has 0 saturated carbocycles. The Morgan fingerprint density at radius 3 is 2.48 bits per heavy atom. The lowest BCUT2D eigenvalue weighted by Crippen LogP contribution is -2.40. The summed E-state index contributed by atoms with van der Waals surface area (Å²) < 4.78 is 11.3. The molecule has 1 fully saturated rings. The highest BCUT2D eigenvalue weighted by atomic mass is 16.5. The molecule has 3 aromatic rings. The molecule has 2 heterocycles. The molecule has 1 N–H and O–H groups in total. The largest absolute Gasteiger partial charge is 0.494 e. The molecule has 1 saturated heterocycles. The minimum absolute atomic E-state index is 0.00145. The molecule has 0 unspecified atom stereocenters. The molecule has 7 nitrogen and oxygen atoms in total. The molecule has 1 aliphatic heterocycles. The van der Waals surface area contributed by atoms with Crippen molar-refractivity contribution in [1.29, 1.82) is 0 Å². The van der Waals surface area contributed by atoms with Crippen LogP contribution in [0.1, 0.15) is 30.9 Å². The molecule has 0 aliphatic carbocycles. The van der Waals surface area contributed by atoms with Crippen LogP contribution in [0.15, 0.2) is 52.9 Å². The summed E-state index contributed by atoms with van der Waals surface area (Å²) >= 11 is 0. The Labute approximate surface area is 182 Å². The highest BCUT2D eigenvalue weighted by molar-refractivity contribution is 5.79. The third-order valence-electron chi connectivity index (χ3n) is 5.55. The number of anilines is 1. The Bertz CT molecular complexity index is 990. The molecule has 0 radical (unpaired) electrons. The number of carbonyl (C=O) groups is 1. The first-order valence-electron chi connectivity index (χ1n) is 10.8. The van der Waals surface area contributed by atoms with Crippen LogP contribution in [-0.2, 0) is 11.3 Å². The van der Waals surface area contributed by atoms with Gasteiger partial charge in [-0.25, -0.2) is 0 Å². The molecular formula is C24H28N4O3. The van der Waals surface area contributed by atoms with Crippen molar-refractivity contribution in [1.82, 2.24) is 15.5 Å². The molecule has 0 atom stereocenters. The van der Waals surface area contributed by atoms with E-state index in [2.05, 4.69) is 20.4 Å². The van der Waals surface area contributed by atoms with E-state index in [0.29, 0.717) is 25.1 Å². The van der Waals surface area contributed by atoms with Crippen molar-refractivity contribution in [3.63, 3.8) is 0 Å². The standard InChI is InChI=1S/C24H28N4O3/c1-3-30-21-10-6-18(7-11-21)16-25-22(29)19-12-14-28(15-13-19)24-27-26-23(31-24)20-8-4-17(2)5-9-20/h4-11,19H,3,12-16H2,1-2H3,(H,25,29). The Morgan fingerprint density at radius 1 is 1.10 bits per heavy atom. The topological polar surface area (TPSA) is 80.5 Å². The van der Waals surface area contributed by atoms with E-state index in [-0.39, 0.29) is 11.8 Å². The fourth-order valence-corrected chi connectivity index (χ4v) is 3.69. The molecule has 31 heavy (non-hydrogen) atoms. The van der Waals surface area contributed by atoms with Crippen LogP contribution in [0.2, 0.25) is 0 Å². The van der Waals surface area contributed by atoms with Crippen molar-refractivity contribution >= 4 is 11.9 Å². The Kier molecular flexibility index (Phi) is 6.50. The van der Waals surface area contributed by atoms with E-state index in [1.165, 1.54) is 5.56 Å². The molecule has 0 bridgehead atoms. The lowest BCUT2D eigenvalue weighted by atomic mass is 9.96. The van der Waals surface area contributed by atoms with Gasteiger partial charge in [0.15, 0.2) is 0 Å². The minimum atomic E-state index is -0.00145. The molecule has 1 aromatic heterocycles. The van der Waals surface area contributed by atoms with Crippen LogP contribution in [0.5, 0.6) is 5.75 Å². The minimum Gasteiger partial charge on any atom is -0.494 e. The van der Waals surface area contributed by atoms with Crippen molar-refractivity contribution in [2.45, 2.75) is 33.2 Å². The molecule has 162 valence electrons. The Morgan fingerprint density at radius 2 is 1.81 bits per heavy atom. The number of amides is 1. The number of hydrogen-bond donors (Lipinski definition) is 1. The monoisotopic (exact) mass is 420 g/mol. The second-order valence-electron chi connectivity index (χ2n) is 7.81. The van der Waals surface area contributed by atoms with Crippen LogP contribution in [0.25, 0.3) is 11.5 Å². The molecule has 4 rings (SSSR count). The number of piperidine rings is 1. The fourth-order valence-electron chi connectivity index (χ4n) is 3.69. The van der Waals surface area contributed by atoms with Gasteiger partial charge in [-0.3, -0.25) is 4.79 Å². The number of hydrogen-bond acceptors (Lipinski definition) is 6. The summed E-state index contributed by atoms with van der Waals surface area (Å²) in [5.74, 6) is 1.46. The summed E-state index contributed by atoms with van der Waals surface area (Å²) in [4.78, 5) is 14.7. The zero-order valence-corrected chi connectivity index (χ0v) is 18.0. The average Bonchev–Trinajstić information content (AvgIpc) is 3.29. The van der Waals surface area contributed by atoms with E-state index in [4.69, 9.17) is 9.15 Å². The van der Waals surface area contributed by atoms with E-state index >= 15 is 0 Å². The average molecular weight is 421 g/mol. The van der Waals surface area contributed by atoms with Crippen LogP contribution in [0.3, 0.4) is 0 Å². The Hall–Kier alpha value is -3.35. The zero-order valence-electron chi connectivity index (χ0n) is 18.0. The predicted molar refractivity (Wildman–Crippen MR) is 119 cm³/mol. The summed E-state index contributed by atoms with van der Waals surface area (Å²) in [5, 5.41) is 11.4. The van der Waals surface area contributed by atoms with Gasteiger partial charge >= 0.3 is 6.01 Å². The quantitative estimate of drug-likeness (QED) is 0.623. The maximum atomic E-state index is 12.6. The van der Waals surface area contributed by atoms with Crippen molar-refractivity contribution in [3.05, 3.63) is 59.7 Å². The first kappa shape index (κ1) is 20.9. The third-order valence-corrected chi connectivity index (χ3v) is 5.55. The molecule has 2 aromatic carbocycles. The fraction of sp³-hybridized carbons (Fsp3) is 0.375. The number of aromatic nitrogens is 2. The molecule has 7 heteroatoms. The number of benzene rings is 2. The maximum absolute atomic E-state index is 12.6. The number of nitrogens with zero attached hydrogens (tertiary/aromatic N) is 3. The number of ether oxygens (including phenoxy) is 1. The zero-order chi connectivity index (χ0) is 21.6. The van der Waals surface area contributed by atoms with Gasteiger partial charge in [-0.05, 0) is 56.5 Å². The molecule has 1 amide bonds. The van der Waals surface area contributed by atoms with E-state index in [0.717, 1.165) is 42.8 Å². The Balaban J connectivity index is 1.26. The lowest BCUT2D eigenvalue weighted by molar-refractivity contribution is -0.125. The van der Waals surface area contributed by atoms with Crippen LogP contribution >= 0.6 is 0 Å². The summed E-state index contributed by atoms with van der Waals surface area (Å²) in [6.07, 6.45) is 1.52. The smallest absolute Gasteiger partial charge is 0.318 e. The van der Waals surface area contributed by atoms with E-state index in [1.54, 1.807) is 0 Å². The van der Waals surface area contributed by atoms with Gasteiger partial charge in [-0.2, -0.15) is 0 Å². The number of carbonyl (C=O) groups excluding carboxylic acids is 1. The van der Waals surface area contributed by atoms with Crippen LogP contribution in [0, 0.1) is 12.8 Å². The van der Waals surface area contributed by atoms with E-state index < -0.39 is 0 Å². The van der Waals surface area contributed by atoms with Crippen LogP contribution in [-0.4, -0.2) is 35.8 Å². The van der Waals surface area contributed by atoms with Gasteiger partial charge < -0.3 is 19.4 Å². The highest BCUT2D eigenvalue weighted by Crippen LogP contribution is 2.26. The highest BCUT2D eigenvalue weighted by Gasteiger charge is 2.27. The van der Waals surface area contributed by atoms with Crippen molar-refractivity contribution in [3.8, 4) is 17.2 Å². The molecular weight excluding hydrogens is 392 g/mol. The normalized spacial score (nSPS) is 14.5. The van der Waals surface area contributed by atoms with Crippen molar-refractivity contribution in [2.24, 2.45) is 5.92 Å². The molecule has 0 spiro atoms. The summed E-state index contributed by atoms with van der Waals surface area (Å²) in [5.41, 5.74) is 3.16. The van der Waals surface area contributed by atoms with Gasteiger partial charge in [0.05, 0.1) is 6.61 Å². The lowest BCUT2D eigenvalue weighted by Gasteiger charge is -2.29. The van der Waals surface area contributed by atoms with Crippen molar-refractivity contribution in [2.75, 3.05) is 24.6 Å². The number of aryl methyl sites for hydroxylation is 1. The number of rotatable bonds is 7. The van der Waals surface area contributed by atoms with Gasteiger partial charge in [0.25, 0.3) is 0 Å². The predicted octanol–water partition coefficient (Wildman–Crippen LogP) is 3.98. The SMILES string of the molecule is CCOc1ccc(CNC(=O)C2CCN(c3nnc(-c4ccc(C)cc4)o3)CC2)cc1. The van der Waals surface area contributed by atoms with Gasteiger partial charge in [-0.15, -0.1) is 5.10 Å². The maximum Gasteiger partial charge on any atom is 0.318 e. The first-order chi connectivity index (χ1) is 15.1. The van der Waals surface area contributed by atoms with Gasteiger partial charge in [0, 0.05) is 31.1 Å². The van der Waals surface area contributed by atoms with Gasteiger partial charge in [0.2, 0.25) is 11.8 Å². The summed E-state index contributed by atoms with van der Waals surface area (Å²) in [6.45, 7) is 6.61. The van der Waals surface area contributed by atoms with E-state index in [9.17, 15) is 4.79 Å². The van der Waals surface area contributed by atoms with E-state index in [1.807, 2.05) is 62.4 Å². The van der Waals surface area contributed by atoms with Crippen molar-refractivity contribution < 1.29 is 13.9 Å². The summed E-state index contributed by atoms with van der Waals surface area (Å²) in [6, 6.07) is 16.3.